The minimum Gasteiger partial charge on any atom is -0.394 e. The van der Waals surface area contributed by atoms with Crippen LogP contribution in [0.2, 0.25) is 0 Å². The molecule has 1 heterocycles. The second-order valence-corrected chi connectivity index (χ2v) is 3.09. The van der Waals surface area contributed by atoms with E-state index in [1.54, 1.807) is 6.92 Å². The third-order valence-corrected chi connectivity index (χ3v) is 2.21. The third-order valence-electron chi connectivity index (χ3n) is 2.21. The molecule has 0 spiro atoms. The Morgan fingerprint density at radius 2 is 1.75 bits per heavy atom. The quantitative estimate of drug-likeness (QED) is 0.375. The first-order valence-corrected chi connectivity index (χ1v) is 3.88. The first-order chi connectivity index (χ1) is 5.57. The van der Waals surface area contributed by atoms with Gasteiger partial charge < -0.3 is 25.2 Å². The van der Waals surface area contributed by atoms with Crippen LogP contribution < -0.4 is 0 Å². The van der Waals surface area contributed by atoms with Crippen molar-refractivity contribution in [2.75, 3.05) is 6.61 Å². The molecule has 1 aliphatic rings. The van der Waals surface area contributed by atoms with E-state index in [4.69, 9.17) is 14.9 Å². The van der Waals surface area contributed by atoms with Gasteiger partial charge in [0.2, 0.25) is 0 Å². The van der Waals surface area contributed by atoms with Crippen LogP contribution in [0.15, 0.2) is 0 Å². The highest BCUT2D eigenvalue weighted by Gasteiger charge is 2.40. The van der Waals surface area contributed by atoms with Gasteiger partial charge >= 0.3 is 0 Å². The highest BCUT2D eigenvalue weighted by atomic mass is 16.6. The zero-order chi connectivity index (χ0) is 9.30. The molecule has 5 heteroatoms. The lowest BCUT2D eigenvalue weighted by Crippen LogP contribution is -2.54. The summed E-state index contributed by atoms with van der Waals surface area (Å²) in [7, 11) is 0. The third kappa shape index (κ3) is 1.60. The molecule has 0 aromatic rings. The molecule has 1 aliphatic heterocycles. The first kappa shape index (κ1) is 9.88. The summed E-state index contributed by atoms with van der Waals surface area (Å²) in [6, 6.07) is 0. The van der Waals surface area contributed by atoms with Crippen molar-refractivity contribution in [3.63, 3.8) is 0 Å². The Kier molecular flexibility index (Phi) is 3.03. The molecule has 0 aromatic carbocycles. The standard InChI is InChI=1S/C7H14O5/c1-3-5(9)6(10)4(2-8)12-7(3)11/h3-11H,2H2,1H3/t3?,4?,5?,6-,7+/m0/s1. The molecule has 0 radical (unpaired) electrons. The summed E-state index contributed by atoms with van der Waals surface area (Å²) in [5, 5.41) is 36.4. The lowest BCUT2D eigenvalue weighted by molar-refractivity contribution is -0.266. The minimum absolute atomic E-state index is 0.415. The zero-order valence-electron chi connectivity index (χ0n) is 6.79. The molecular weight excluding hydrogens is 164 g/mol. The van der Waals surface area contributed by atoms with E-state index in [0.717, 1.165) is 0 Å². The average molecular weight is 178 g/mol. The van der Waals surface area contributed by atoms with Crippen LogP contribution in [-0.4, -0.2) is 51.6 Å². The molecule has 0 amide bonds. The summed E-state index contributed by atoms with van der Waals surface area (Å²) in [5.41, 5.74) is 0. The predicted octanol–water partition coefficient (Wildman–Crippen LogP) is -1.95. The summed E-state index contributed by atoms with van der Waals surface area (Å²) in [4.78, 5) is 0. The lowest BCUT2D eigenvalue weighted by Gasteiger charge is -2.38. The number of aliphatic hydroxyl groups excluding tert-OH is 4. The van der Waals surface area contributed by atoms with Crippen molar-refractivity contribution in [3.05, 3.63) is 0 Å². The van der Waals surface area contributed by atoms with Gasteiger partial charge in [0.15, 0.2) is 6.29 Å². The fraction of sp³-hybridized carbons (Fsp3) is 1.00. The largest absolute Gasteiger partial charge is 0.394 e. The van der Waals surface area contributed by atoms with Gasteiger partial charge in [0, 0.05) is 5.92 Å². The molecule has 1 fully saturated rings. The van der Waals surface area contributed by atoms with E-state index in [1.165, 1.54) is 0 Å². The van der Waals surface area contributed by atoms with Gasteiger partial charge in [-0.2, -0.15) is 0 Å². The van der Waals surface area contributed by atoms with Crippen LogP contribution in [0.4, 0.5) is 0 Å². The van der Waals surface area contributed by atoms with E-state index < -0.39 is 37.1 Å². The van der Waals surface area contributed by atoms with Gasteiger partial charge in [-0.1, -0.05) is 6.92 Å². The van der Waals surface area contributed by atoms with Crippen LogP contribution >= 0.6 is 0 Å². The van der Waals surface area contributed by atoms with Crippen LogP contribution in [0.25, 0.3) is 0 Å². The Labute approximate surface area is 70.2 Å². The molecule has 0 saturated carbocycles. The molecule has 0 bridgehead atoms. The number of hydrogen-bond donors (Lipinski definition) is 4. The van der Waals surface area contributed by atoms with Crippen LogP contribution in [0, 0.1) is 5.92 Å². The van der Waals surface area contributed by atoms with Crippen LogP contribution in [0.1, 0.15) is 6.92 Å². The van der Waals surface area contributed by atoms with Crippen LogP contribution in [-0.2, 0) is 4.74 Å². The summed E-state index contributed by atoms with van der Waals surface area (Å²) in [6.07, 6.45) is -4.20. The summed E-state index contributed by atoms with van der Waals surface area (Å²) in [6.45, 7) is 1.15. The minimum atomic E-state index is -1.13. The number of rotatable bonds is 1. The summed E-state index contributed by atoms with van der Waals surface area (Å²) in [5.74, 6) is -0.539. The van der Waals surface area contributed by atoms with Crippen molar-refractivity contribution < 1.29 is 25.2 Å². The lowest BCUT2D eigenvalue weighted by atomic mass is 9.93. The second-order valence-electron chi connectivity index (χ2n) is 3.09. The van der Waals surface area contributed by atoms with Gasteiger partial charge in [-0.3, -0.25) is 0 Å². The van der Waals surface area contributed by atoms with E-state index in [1.807, 2.05) is 0 Å². The van der Waals surface area contributed by atoms with Crippen molar-refractivity contribution in [2.24, 2.45) is 5.92 Å². The van der Waals surface area contributed by atoms with Gasteiger partial charge in [0.1, 0.15) is 12.2 Å². The molecule has 5 nitrogen and oxygen atoms in total. The molecule has 12 heavy (non-hydrogen) atoms. The van der Waals surface area contributed by atoms with Crippen molar-refractivity contribution in [1.82, 2.24) is 0 Å². The molecule has 0 aromatic heterocycles. The van der Waals surface area contributed by atoms with E-state index in [9.17, 15) is 10.2 Å². The average Bonchev–Trinajstić information content (AvgIpc) is 2.08. The molecule has 72 valence electrons. The Bertz CT molecular complexity index is 146. The van der Waals surface area contributed by atoms with E-state index in [0.29, 0.717) is 0 Å². The predicted molar refractivity (Wildman–Crippen MR) is 39.1 cm³/mol. The number of aliphatic hydroxyl groups is 4. The van der Waals surface area contributed by atoms with Crippen molar-refractivity contribution in [1.29, 1.82) is 0 Å². The maximum atomic E-state index is 9.32. The van der Waals surface area contributed by atoms with Gasteiger partial charge in [0.25, 0.3) is 0 Å². The maximum Gasteiger partial charge on any atom is 0.160 e. The highest BCUT2D eigenvalue weighted by molar-refractivity contribution is 4.86. The normalized spacial score (nSPS) is 49.2. The van der Waals surface area contributed by atoms with E-state index in [-0.39, 0.29) is 0 Å². The van der Waals surface area contributed by atoms with Gasteiger partial charge in [-0.05, 0) is 0 Å². The monoisotopic (exact) mass is 178 g/mol. The second kappa shape index (κ2) is 3.68. The Morgan fingerprint density at radius 1 is 1.17 bits per heavy atom. The molecule has 5 atom stereocenters. The molecular formula is C7H14O5. The van der Waals surface area contributed by atoms with Crippen LogP contribution in [0.5, 0.6) is 0 Å². The van der Waals surface area contributed by atoms with Crippen molar-refractivity contribution >= 4 is 0 Å². The first-order valence-electron chi connectivity index (χ1n) is 3.88. The van der Waals surface area contributed by atoms with Gasteiger partial charge in [-0.25, -0.2) is 0 Å². The topological polar surface area (TPSA) is 90.2 Å². The summed E-state index contributed by atoms with van der Waals surface area (Å²) < 4.78 is 4.83. The maximum absolute atomic E-state index is 9.32. The van der Waals surface area contributed by atoms with Crippen LogP contribution in [0.3, 0.4) is 0 Å². The van der Waals surface area contributed by atoms with Gasteiger partial charge in [-0.15, -0.1) is 0 Å². The molecule has 3 unspecified atom stereocenters. The zero-order valence-corrected chi connectivity index (χ0v) is 6.79. The van der Waals surface area contributed by atoms with E-state index >= 15 is 0 Å². The fourth-order valence-electron chi connectivity index (χ4n) is 1.23. The number of hydrogen-bond acceptors (Lipinski definition) is 5. The highest BCUT2D eigenvalue weighted by Crippen LogP contribution is 2.23. The molecule has 1 saturated heterocycles. The van der Waals surface area contributed by atoms with Crippen molar-refractivity contribution in [3.8, 4) is 0 Å². The molecule has 1 rings (SSSR count). The van der Waals surface area contributed by atoms with Crippen molar-refractivity contribution in [2.45, 2.75) is 31.5 Å². The Morgan fingerprint density at radius 3 is 2.25 bits per heavy atom. The Hall–Kier alpha value is -0.200. The van der Waals surface area contributed by atoms with E-state index in [2.05, 4.69) is 0 Å². The fourth-order valence-corrected chi connectivity index (χ4v) is 1.23. The SMILES string of the molecule is CC1C(O)[C@@H](O)C(CO)O[C@H]1O. The van der Waals surface area contributed by atoms with Gasteiger partial charge in [0.05, 0.1) is 12.7 Å². The smallest absolute Gasteiger partial charge is 0.160 e. The summed E-state index contributed by atoms with van der Waals surface area (Å²) >= 11 is 0. The number of ether oxygens (including phenoxy) is 1. The molecule has 4 N–H and O–H groups in total. The molecule has 0 aliphatic carbocycles. The Balaban J connectivity index is 2.63.